The van der Waals surface area contributed by atoms with Gasteiger partial charge in [0.25, 0.3) is 5.91 Å². The molecule has 0 unspecified atom stereocenters. The number of hydrazine groups is 1. The van der Waals surface area contributed by atoms with Gasteiger partial charge in [0.05, 0.1) is 34.8 Å². The number of ether oxygens (including phenoxy) is 2. The quantitative estimate of drug-likeness (QED) is 0.113. The van der Waals surface area contributed by atoms with Crippen molar-refractivity contribution in [1.29, 1.82) is 0 Å². The lowest BCUT2D eigenvalue weighted by atomic mass is 9.84. The average Bonchev–Trinajstić information content (AvgIpc) is 3.94. The van der Waals surface area contributed by atoms with E-state index in [9.17, 15) is 28.8 Å². The summed E-state index contributed by atoms with van der Waals surface area (Å²) in [5.74, 6) is -2.34. The van der Waals surface area contributed by atoms with Crippen molar-refractivity contribution in [3.63, 3.8) is 0 Å². The molecular weight excluding hydrogens is 913 g/mol. The topological polar surface area (TPSA) is 192 Å². The van der Waals surface area contributed by atoms with Gasteiger partial charge in [0.1, 0.15) is 18.1 Å². The molecule has 4 aromatic rings. The third-order valence-electron chi connectivity index (χ3n) is 13.1. The molecule has 0 aliphatic carbocycles. The minimum atomic E-state index is -1.17. The molecule has 1 aromatic carbocycles. The summed E-state index contributed by atoms with van der Waals surface area (Å²) in [4.78, 5) is 97.1. The fraction of sp³-hybridized carbons (Fsp3) is 0.529. The van der Waals surface area contributed by atoms with E-state index in [1.165, 1.54) is 58.3 Å². The van der Waals surface area contributed by atoms with Crippen molar-refractivity contribution >= 4 is 58.0 Å². The molecule has 6 rings (SSSR count). The Kier molecular flexibility index (Phi) is 17.3. The van der Waals surface area contributed by atoms with Gasteiger partial charge >= 0.3 is 18.0 Å². The number of carbonyl (C=O) groups excluding carboxylic acids is 6. The summed E-state index contributed by atoms with van der Waals surface area (Å²) < 4.78 is 14.5. The van der Waals surface area contributed by atoms with Crippen LogP contribution in [0.15, 0.2) is 54.6 Å². The van der Waals surface area contributed by atoms with E-state index < -0.39 is 59.3 Å². The summed E-state index contributed by atoms with van der Waals surface area (Å²) in [6.07, 6.45) is 4.21. The summed E-state index contributed by atoms with van der Waals surface area (Å²) in [6.45, 7) is 19.2. The van der Waals surface area contributed by atoms with Gasteiger partial charge in [0, 0.05) is 106 Å². The number of likely N-dealkylation sites (N-methyl/N-ethyl adjacent to an activating group) is 3. The molecule has 19 heteroatoms. The molecule has 4 atom stereocenters. The molecule has 6 bridgehead atoms. The molecule has 0 spiro atoms. The smallest absolute Gasteiger partial charge is 0.328 e. The summed E-state index contributed by atoms with van der Waals surface area (Å²) in [7, 11) is 5.85. The molecule has 0 saturated carbocycles. The number of urea groups is 2. The zero-order valence-corrected chi connectivity index (χ0v) is 43.4. The Bertz CT molecular complexity index is 2590. The van der Waals surface area contributed by atoms with Gasteiger partial charge in [-0.25, -0.2) is 24.9 Å². The van der Waals surface area contributed by atoms with Gasteiger partial charge in [-0.3, -0.25) is 29.2 Å². The fourth-order valence-electron chi connectivity index (χ4n) is 9.32. The van der Waals surface area contributed by atoms with Crippen LogP contribution in [-0.2, 0) is 48.0 Å². The Morgan fingerprint density at radius 1 is 1.06 bits per heavy atom. The molecule has 18 nitrogen and oxygen atoms in total. The highest BCUT2D eigenvalue weighted by Gasteiger charge is 2.39. The van der Waals surface area contributed by atoms with Crippen LogP contribution in [0.3, 0.4) is 0 Å². The predicted octanol–water partition coefficient (Wildman–Crippen LogP) is 6.30. The van der Waals surface area contributed by atoms with Crippen molar-refractivity contribution in [1.82, 2.24) is 49.9 Å². The van der Waals surface area contributed by atoms with E-state index in [-0.39, 0.29) is 44.7 Å². The number of pyridine rings is 1. The number of esters is 1. The lowest BCUT2D eigenvalue weighted by Gasteiger charge is -2.37. The van der Waals surface area contributed by atoms with Crippen LogP contribution in [0.4, 0.5) is 9.59 Å². The monoisotopic (exact) mass is 983 g/mol. The van der Waals surface area contributed by atoms with Crippen molar-refractivity contribution in [2.75, 3.05) is 61.0 Å². The number of benzene rings is 1. The van der Waals surface area contributed by atoms with E-state index in [0.717, 1.165) is 43.9 Å². The largest absolute Gasteiger partial charge is 0.464 e. The standard InChI is InChI=1S/C51H70N10O8S/c1-13-42(62)56(9)24-25-57(10)49(66)59(12)50(67)58(11)44(31(4)5)46(63)54-38-27-41-53-39(29-70-41)33-20-21-40-35(26-33)36(45(60(40)14-2)34-18-16-22-52-43(34)32(6)68-15-3)28-51(7,8)30-69-48(65)37-19-17-23-61(55-37)47(38)64/h13,16,18,20-22,26,29,31-32,37-38,44,55H,1,14-15,17,19,23-25,27-28,30H2,2-12H3,(H,54,63)/t32-,37-,38-,44-/m0/s1. The van der Waals surface area contributed by atoms with Gasteiger partial charge in [-0.2, -0.15) is 0 Å². The maximum atomic E-state index is 14.7. The maximum Gasteiger partial charge on any atom is 0.328 e. The first-order valence-electron chi connectivity index (χ1n) is 24.1. The third kappa shape index (κ3) is 11.7. The molecule has 1 saturated heterocycles. The van der Waals surface area contributed by atoms with Crippen molar-refractivity contribution in [2.24, 2.45) is 11.3 Å². The van der Waals surface area contributed by atoms with Crippen LogP contribution in [0.5, 0.6) is 0 Å². The molecule has 2 N–H and O–H groups in total. The summed E-state index contributed by atoms with van der Waals surface area (Å²) in [5, 5.41) is 7.88. The Morgan fingerprint density at radius 3 is 2.47 bits per heavy atom. The lowest BCUT2D eigenvalue weighted by molar-refractivity contribution is -0.155. The number of cyclic esters (lactones) is 1. The van der Waals surface area contributed by atoms with Crippen molar-refractivity contribution in [3.05, 3.63) is 70.8 Å². The van der Waals surface area contributed by atoms with Gasteiger partial charge in [0.15, 0.2) is 0 Å². The maximum absolute atomic E-state index is 14.7. The zero-order chi connectivity index (χ0) is 51.2. The number of fused-ring (bicyclic) bond motifs is 6. The predicted molar refractivity (Wildman–Crippen MR) is 269 cm³/mol. The highest BCUT2D eigenvalue weighted by atomic mass is 32.1. The third-order valence-corrected chi connectivity index (χ3v) is 13.9. The van der Waals surface area contributed by atoms with E-state index in [2.05, 4.69) is 60.9 Å². The lowest BCUT2D eigenvalue weighted by Crippen LogP contribution is -2.62. The number of carbonyl (C=O) groups is 6. The van der Waals surface area contributed by atoms with Crippen LogP contribution >= 0.6 is 11.3 Å². The van der Waals surface area contributed by atoms with E-state index in [1.807, 2.05) is 31.4 Å². The molecule has 5 heterocycles. The first-order chi connectivity index (χ1) is 33.2. The van der Waals surface area contributed by atoms with Gasteiger partial charge in [-0.05, 0) is 81.9 Å². The molecule has 70 heavy (non-hydrogen) atoms. The SMILES string of the molecule is C=CC(=O)N(C)CCN(C)C(=O)N(C)C(=O)N(C)[C@H](C(=O)N[C@H]1Cc2nc(cs2)-c2ccc3c(c2)c(c(-c2cccnc2[C@H](C)OCC)n3CC)CC(C)(C)COC(=O)[C@@H]2CCCN(N2)C1=O)C(C)C. The molecule has 1 fully saturated rings. The second-order valence-corrected chi connectivity index (χ2v) is 20.2. The number of imide groups is 1. The van der Waals surface area contributed by atoms with Crippen molar-refractivity contribution < 1.29 is 38.2 Å². The zero-order valence-electron chi connectivity index (χ0n) is 42.5. The molecule has 2 aliphatic heterocycles. The summed E-state index contributed by atoms with van der Waals surface area (Å²) >= 11 is 1.37. The number of hydrogen-bond acceptors (Lipinski definition) is 12. The molecule has 2 aliphatic rings. The van der Waals surface area contributed by atoms with Crippen molar-refractivity contribution in [3.8, 4) is 22.5 Å². The van der Waals surface area contributed by atoms with Crippen LogP contribution in [-0.4, -0.2) is 154 Å². The molecule has 3 aromatic heterocycles. The number of aromatic nitrogens is 3. The Hall–Kier alpha value is -6.18. The number of hydrogen-bond donors (Lipinski definition) is 2. The minimum Gasteiger partial charge on any atom is -0.464 e. The fourth-order valence-corrected chi connectivity index (χ4v) is 10.2. The van der Waals surface area contributed by atoms with E-state index >= 15 is 0 Å². The van der Waals surface area contributed by atoms with Gasteiger partial charge in [-0.1, -0.05) is 40.3 Å². The summed E-state index contributed by atoms with van der Waals surface area (Å²) in [5.41, 5.74) is 9.09. The highest BCUT2D eigenvalue weighted by molar-refractivity contribution is 7.10. The van der Waals surface area contributed by atoms with Gasteiger partial charge in [-0.15, -0.1) is 11.3 Å². The minimum absolute atomic E-state index is 0.0108. The van der Waals surface area contributed by atoms with Gasteiger partial charge < -0.3 is 34.1 Å². The molecule has 378 valence electrons. The Labute approximate surface area is 415 Å². The van der Waals surface area contributed by atoms with E-state index in [1.54, 1.807) is 27.1 Å². The number of thiazole rings is 1. The number of nitrogens with zero attached hydrogens (tertiary/aromatic N) is 8. The van der Waals surface area contributed by atoms with Crippen LogP contribution in [0.25, 0.3) is 33.4 Å². The van der Waals surface area contributed by atoms with Crippen LogP contribution in [0, 0.1) is 11.3 Å². The normalized spacial score (nSPS) is 18.1. The average molecular weight is 983 g/mol. The van der Waals surface area contributed by atoms with E-state index in [0.29, 0.717) is 43.1 Å². The first-order valence-corrected chi connectivity index (χ1v) is 24.9. The number of rotatable bonds is 13. The molecule has 0 radical (unpaired) electrons. The second kappa shape index (κ2) is 22.7. The molecule has 7 amide bonds. The number of aryl methyl sites for hydroxylation is 1. The van der Waals surface area contributed by atoms with Crippen LogP contribution in [0.1, 0.15) is 83.7 Å². The first kappa shape index (κ1) is 53.2. The highest BCUT2D eigenvalue weighted by Crippen LogP contribution is 2.42. The number of amides is 7. The van der Waals surface area contributed by atoms with Crippen LogP contribution in [0.2, 0.25) is 0 Å². The van der Waals surface area contributed by atoms with E-state index in [4.69, 9.17) is 19.4 Å². The van der Waals surface area contributed by atoms with Crippen LogP contribution < -0.4 is 10.7 Å². The number of nitrogens with one attached hydrogen (secondary N) is 2. The van der Waals surface area contributed by atoms with Gasteiger partial charge in [0.2, 0.25) is 11.8 Å². The summed E-state index contributed by atoms with van der Waals surface area (Å²) in [6, 6.07) is 5.86. The van der Waals surface area contributed by atoms with Crippen molar-refractivity contribution in [2.45, 2.75) is 105 Å². The second-order valence-electron chi connectivity index (χ2n) is 19.3. The Balaban J connectivity index is 1.36. The molecular formula is C51H70N10O8S. The Morgan fingerprint density at radius 2 is 1.79 bits per heavy atom.